The van der Waals surface area contributed by atoms with Gasteiger partial charge in [-0.1, -0.05) is 145 Å². The van der Waals surface area contributed by atoms with Crippen molar-refractivity contribution in [3.05, 3.63) is 318 Å². The largest absolute Gasteiger partial charge is 0.481 e. The van der Waals surface area contributed by atoms with Gasteiger partial charge in [0.05, 0.1) is 13.2 Å². The molecule has 6 N–H and O–H groups in total. The van der Waals surface area contributed by atoms with Gasteiger partial charge >= 0.3 is 38.0 Å². The van der Waals surface area contributed by atoms with Crippen LogP contribution >= 0.6 is 15.2 Å². The Hall–Kier alpha value is -9.73. The summed E-state index contributed by atoms with van der Waals surface area (Å²) in [5, 5.41) is 0. The second kappa shape index (κ2) is 54.9. The van der Waals surface area contributed by atoms with E-state index in [9.17, 15) is 81.0 Å². The van der Waals surface area contributed by atoms with Crippen molar-refractivity contribution in [1.29, 1.82) is 0 Å². The fourth-order valence-electron chi connectivity index (χ4n) is 12.9. The number of nitrogens with one attached hydrogen (secondary N) is 6. The molecule has 5 radical (unpaired) electrons. The van der Waals surface area contributed by atoms with Gasteiger partial charge < -0.3 is 47.6 Å². The van der Waals surface area contributed by atoms with Gasteiger partial charge in [0.2, 0.25) is 17.3 Å². The number of benzene rings is 3. The van der Waals surface area contributed by atoms with E-state index in [4.69, 9.17) is 27.6 Å². The van der Waals surface area contributed by atoms with Gasteiger partial charge in [-0.05, 0) is 153 Å². The zero-order valence-corrected chi connectivity index (χ0v) is 78.9. The molecule has 663 valence electrons. The smallest absolute Gasteiger partial charge is 0.367 e. The number of allylic oxidation sites excluding steroid dienone is 4. The van der Waals surface area contributed by atoms with Gasteiger partial charge in [-0.15, -0.1) is 0 Å². The first-order valence-corrected chi connectivity index (χ1v) is 42.2. The number of rotatable bonds is 28. The average Bonchev–Trinajstić information content (AvgIpc) is 0.820. The van der Waals surface area contributed by atoms with Crippen LogP contribution in [-0.4, -0.2) is 115 Å². The Morgan fingerprint density at radius 1 is 0.435 bits per heavy atom. The molecule has 0 bridgehead atoms. The van der Waals surface area contributed by atoms with E-state index >= 15 is 0 Å². The number of ether oxygens (including phenoxy) is 1. The number of H-pyrrole nitrogens is 6. The van der Waals surface area contributed by atoms with E-state index in [0.717, 1.165) is 35.9 Å². The van der Waals surface area contributed by atoms with Crippen molar-refractivity contribution in [3.8, 4) is 5.75 Å². The van der Waals surface area contributed by atoms with Gasteiger partial charge in [-0.3, -0.25) is 100 Å². The molecule has 40 heteroatoms. The maximum Gasteiger partial charge on any atom is 0.367 e. The summed E-state index contributed by atoms with van der Waals surface area (Å²) in [7, 11) is -4.49. The van der Waals surface area contributed by atoms with Crippen LogP contribution < -0.4 is 82.2 Å². The number of aromatic amines is 6. The minimum absolute atomic E-state index is 0. The molecule has 9 aromatic rings. The summed E-state index contributed by atoms with van der Waals surface area (Å²) in [6.45, 7) is 24.8. The zero-order valence-electron chi connectivity index (χ0n) is 71.5. The molecule has 2 aliphatic carbocycles. The molecular formula is C84H108BN12O23P2Y2-2. The van der Waals surface area contributed by atoms with Crippen molar-refractivity contribution < 1.29 is 117 Å². The quantitative estimate of drug-likeness (QED) is 0.0119. The summed E-state index contributed by atoms with van der Waals surface area (Å²) >= 11 is 0. The standard InChI is InChI=1S/C22H27N2O7P.C19H20N2O3.C18H23N2O6P.C9H14N2O2.C8H12N2O2.C6H8N2O2.CH2O.CH4.B.2Y/c1-4-18-19(24(22(27)23-21(18)26)13-15-7-5-6-8-15)20(25)16-9-11-17(12-10-16)31-14-32(28,29-2)30-3;1-2-15-16(17(22)14-10-4-3-5-11-14)21(19(24)20-18(15)23)12-13-8-6-7-9-13;1-4-14-15(16(21)13-10-8-7-9-11-13)20(18(23)19-17(14)22)12-27(24,25-5-2)26-6-3;1-4-7-6(3)11(5-2)9(13)10-8(7)12;1-3-5-6(4-2)9-8(12)10-7(5)11;1-3-4(2)7-6(10)8-5(3)9;1-2;;;;/h5-6,9-12,15H,4,7-8,13-14H2,1-3H3,(H,23,26,27);3-7,10-11,13H,2,8-9,12H2,1H3,(H,20,23,24);7-11H,4-6,12H2,1-3H3,(H,19,22,23);4-5H2,1-3H3,(H,10,12,13);3-4H2,1-2H3,(H2,9,10,11,12);1-2H3,(H2,7,8,9,10);1H2;1H4;;;/p-2. The summed E-state index contributed by atoms with van der Waals surface area (Å²) in [5.41, 5.74) is -0.0913. The summed E-state index contributed by atoms with van der Waals surface area (Å²) < 4.78 is 56.0. The predicted molar refractivity (Wildman–Crippen MR) is 466 cm³/mol. The third kappa shape index (κ3) is 30.6. The molecule has 2 aliphatic rings. The normalized spacial score (nSPS) is 11.8. The van der Waals surface area contributed by atoms with Crippen LogP contribution in [0.25, 0.3) is 0 Å². The number of nitrogens with zero attached hydrogens (tertiary/aromatic N) is 6. The van der Waals surface area contributed by atoms with Gasteiger partial charge in [-0.2, -0.15) is 0 Å². The fraction of sp³-hybridized carbons (Fsp3) is 0.405. The van der Waals surface area contributed by atoms with Crippen LogP contribution in [-0.2, 0) is 162 Å². The van der Waals surface area contributed by atoms with Crippen molar-refractivity contribution in [2.24, 2.45) is 11.8 Å². The Morgan fingerprint density at radius 3 is 1.13 bits per heavy atom. The Balaban J connectivity index is 0.000000768. The molecule has 6 aromatic heterocycles. The van der Waals surface area contributed by atoms with Crippen LogP contribution in [0.2, 0.25) is 0 Å². The van der Waals surface area contributed by atoms with Crippen LogP contribution in [0, 0.1) is 32.6 Å². The molecule has 0 fully saturated rings. The van der Waals surface area contributed by atoms with E-state index in [0.29, 0.717) is 108 Å². The van der Waals surface area contributed by atoms with Gasteiger partial charge in [0.1, 0.15) is 35.9 Å². The number of carbonyl (C=O) groups is 4. The van der Waals surface area contributed by atoms with Crippen LogP contribution in [0.5, 0.6) is 5.75 Å². The number of aromatic nitrogens is 12. The second-order valence-corrected chi connectivity index (χ2v) is 30.9. The van der Waals surface area contributed by atoms with Crippen molar-refractivity contribution in [2.75, 3.05) is 33.8 Å². The zero-order chi connectivity index (χ0) is 89.3. The molecule has 0 spiro atoms. The number of hydrogen-bond acceptors (Lipinski definition) is 23. The average molecular weight is 1900 g/mol. The first kappa shape index (κ1) is 112. The van der Waals surface area contributed by atoms with Gasteiger partial charge in [0.25, 0.3) is 22.2 Å². The minimum atomic E-state index is -3.68. The molecule has 124 heavy (non-hydrogen) atoms. The SMILES string of the molecule is C.C=O.CCOP(=O)(Cn1c(C(=O)c2ccccc2)c(CC)c(=O)[nH]c1=O)OCC.CCc1[n-]c(=O)[nH]c(=O)c1CC.CCc1c(C(=O)c2ccc(OCP(=O)(OC)OC)cc2)n(CC2CC=CC2)c(=O)[nH]c1=O.CCc1c(C(=O)c2ccccc2)n(CC2CC=CC2)c(=O)[nH]c1=O.CCc1c(C)n(CC)c(=O)[nH]c1=O.Cc1[n-]c(=O)[nH]c(=O)c1C.[B].[Y].[Y]. The summed E-state index contributed by atoms with van der Waals surface area (Å²) in [6.07, 6.45) is 13.7. The fourth-order valence-corrected chi connectivity index (χ4v) is 15.2. The molecular weight excluding hydrogens is 1800 g/mol. The first-order chi connectivity index (χ1) is 57.2. The summed E-state index contributed by atoms with van der Waals surface area (Å²) in [5.74, 6) is -0.353. The molecule has 35 nitrogen and oxygen atoms in total. The number of hydrogen-bond donors (Lipinski definition) is 6. The number of carbonyl (C=O) groups excluding carboxylic acids is 4. The molecule has 6 heterocycles. The third-order valence-corrected chi connectivity index (χ3v) is 22.7. The monoisotopic (exact) mass is 1900 g/mol. The van der Waals surface area contributed by atoms with Crippen LogP contribution in [0.3, 0.4) is 0 Å². The Bertz CT molecular complexity index is 5930. The van der Waals surface area contributed by atoms with E-state index < -0.39 is 78.2 Å². The van der Waals surface area contributed by atoms with Crippen molar-refractivity contribution >= 4 is 47.7 Å². The van der Waals surface area contributed by atoms with Crippen molar-refractivity contribution in [1.82, 2.24) is 58.1 Å². The predicted octanol–water partition coefficient (Wildman–Crippen LogP) is 7.59. The molecule has 11 rings (SSSR count). The number of aryl methyl sites for hydroxylation is 2. The summed E-state index contributed by atoms with van der Waals surface area (Å²) in [6, 6.07) is 23.2. The van der Waals surface area contributed by atoms with Crippen LogP contribution in [0.1, 0.15) is 194 Å². The van der Waals surface area contributed by atoms with E-state index in [1.54, 1.807) is 120 Å². The maximum absolute atomic E-state index is 13.4. The van der Waals surface area contributed by atoms with E-state index in [1.165, 1.54) is 35.5 Å². The summed E-state index contributed by atoms with van der Waals surface area (Å²) in [4.78, 5) is 208. The molecule has 0 aliphatic heterocycles. The molecule has 0 unspecified atom stereocenters. The Morgan fingerprint density at radius 2 is 0.774 bits per heavy atom. The Labute approximate surface area is 767 Å². The van der Waals surface area contributed by atoms with Gasteiger partial charge in [-0.25, -0.2) is 19.2 Å². The molecule has 0 atom stereocenters. The topological polar surface area (TPSA) is 496 Å². The molecule has 3 aromatic carbocycles. The van der Waals surface area contributed by atoms with Crippen LogP contribution in [0.4, 0.5) is 0 Å². The number of ketones is 3. The molecule has 0 amide bonds. The third-order valence-electron chi connectivity index (χ3n) is 19.2. The maximum atomic E-state index is 13.4. The van der Waals surface area contributed by atoms with Gasteiger partial charge in [0.15, 0.2) is 28.8 Å². The van der Waals surface area contributed by atoms with Crippen molar-refractivity contribution in [3.63, 3.8) is 0 Å². The van der Waals surface area contributed by atoms with E-state index in [-0.39, 0.29) is 175 Å². The van der Waals surface area contributed by atoms with Gasteiger partial charge in [0, 0.05) is 152 Å². The first-order valence-electron chi connectivity index (χ1n) is 38.8. The molecule has 0 saturated carbocycles. The molecule has 0 saturated heterocycles. The van der Waals surface area contributed by atoms with E-state index in [2.05, 4.69) is 52.0 Å². The van der Waals surface area contributed by atoms with Crippen LogP contribution in [0.15, 0.2) is 167 Å². The second-order valence-electron chi connectivity index (χ2n) is 26.7. The van der Waals surface area contributed by atoms with Crippen molar-refractivity contribution in [2.45, 2.75) is 181 Å². The van der Waals surface area contributed by atoms with E-state index in [1.807, 2.05) is 59.6 Å². The minimum Gasteiger partial charge on any atom is -0.481 e. The Kier molecular flexibility index (Phi) is 49.7.